The molecule has 0 bridgehead atoms. The third-order valence-corrected chi connectivity index (χ3v) is 5.58. The SMILES string of the molecule is O=S(=O)(O)OC1NCCN2CC3CCCC3c3cccc1c32. The second-order valence-corrected chi connectivity index (χ2v) is 7.43. The Kier molecular flexibility index (Phi) is 3.41. The Bertz CT molecular complexity index is 691. The highest BCUT2D eigenvalue weighted by Gasteiger charge is 2.39. The van der Waals surface area contributed by atoms with E-state index in [0.29, 0.717) is 18.4 Å². The fourth-order valence-corrected chi connectivity index (χ4v) is 4.76. The summed E-state index contributed by atoms with van der Waals surface area (Å²) in [7, 11) is -4.50. The maximum absolute atomic E-state index is 11.1. The summed E-state index contributed by atoms with van der Waals surface area (Å²) in [6.45, 7) is 2.46. The van der Waals surface area contributed by atoms with Gasteiger partial charge in [0.05, 0.1) is 0 Å². The summed E-state index contributed by atoms with van der Waals surface area (Å²) in [5.41, 5.74) is 3.21. The lowest BCUT2D eigenvalue weighted by molar-refractivity contribution is 0.155. The molecule has 7 heteroatoms. The van der Waals surface area contributed by atoms with Gasteiger partial charge in [0.1, 0.15) is 0 Å². The average Bonchev–Trinajstić information content (AvgIpc) is 2.86. The molecule has 6 nitrogen and oxygen atoms in total. The van der Waals surface area contributed by atoms with Gasteiger partial charge in [0.25, 0.3) is 0 Å². The largest absolute Gasteiger partial charge is 0.399 e. The van der Waals surface area contributed by atoms with Gasteiger partial charge in [-0.05, 0) is 30.2 Å². The quantitative estimate of drug-likeness (QED) is 0.808. The predicted octanol–water partition coefficient (Wildman–Crippen LogP) is 1.81. The predicted molar refractivity (Wildman–Crippen MR) is 82.1 cm³/mol. The Morgan fingerprint density at radius 2 is 2.09 bits per heavy atom. The summed E-state index contributed by atoms with van der Waals surface area (Å²) in [6, 6.07) is 6.00. The molecule has 120 valence electrons. The molecule has 2 heterocycles. The summed E-state index contributed by atoms with van der Waals surface area (Å²) in [5.74, 6) is 1.26. The summed E-state index contributed by atoms with van der Waals surface area (Å²) in [5, 5.41) is 3.08. The van der Waals surface area contributed by atoms with Crippen LogP contribution in [0.4, 0.5) is 5.69 Å². The molecule has 0 spiro atoms. The molecular weight excluding hydrogens is 304 g/mol. The first-order valence-corrected chi connectivity index (χ1v) is 9.16. The van der Waals surface area contributed by atoms with Gasteiger partial charge in [0.2, 0.25) is 0 Å². The lowest BCUT2D eigenvalue weighted by Crippen LogP contribution is -2.38. The highest BCUT2D eigenvalue weighted by molar-refractivity contribution is 7.80. The van der Waals surface area contributed by atoms with Gasteiger partial charge < -0.3 is 4.90 Å². The van der Waals surface area contributed by atoms with Crippen LogP contribution in [0.1, 0.15) is 42.5 Å². The molecule has 1 saturated carbocycles. The van der Waals surface area contributed by atoms with Crippen molar-refractivity contribution in [2.24, 2.45) is 5.92 Å². The Morgan fingerprint density at radius 1 is 1.27 bits per heavy atom. The van der Waals surface area contributed by atoms with Gasteiger partial charge in [0.15, 0.2) is 6.23 Å². The molecule has 3 aliphatic rings. The Labute approximate surface area is 130 Å². The molecule has 0 radical (unpaired) electrons. The van der Waals surface area contributed by atoms with Crippen LogP contribution >= 0.6 is 0 Å². The summed E-state index contributed by atoms with van der Waals surface area (Å²) in [6.07, 6.45) is 2.90. The number of nitrogens with one attached hydrogen (secondary N) is 1. The summed E-state index contributed by atoms with van der Waals surface area (Å²) in [4.78, 5) is 2.34. The average molecular weight is 324 g/mol. The zero-order chi connectivity index (χ0) is 15.3. The molecule has 4 rings (SSSR count). The fourth-order valence-electron chi connectivity index (χ4n) is 4.35. The lowest BCUT2D eigenvalue weighted by Gasteiger charge is -2.39. The molecule has 22 heavy (non-hydrogen) atoms. The first-order valence-electron chi connectivity index (χ1n) is 7.80. The zero-order valence-electron chi connectivity index (χ0n) is 12.2. The maximum Gasteiger partial charge on any atom is 0.399 e. The molecule has 2 N–H and O–H groups in total. The topological polar surface area (TPSA) is 78.9 Å². The van der Waals surface area contributed by atoms with Gasteiger partial charge in [-0.3, -0.25) is 9.87 Å². The number of hydrogen-bond donors (Lipinski definition) is 2. The second-order valence-electron chi connectivity index (χ2n) is 6.39. The standard InChI is InChI=1S/C15H20N2O4S/c18-22(19,20)21-15-13-6-2-5-12-11-4-1-3-10(11)9-17(14(12)13)8-7-16-15/h2,5-6,10-11,15-16H,1,3-4,7-9H2,(H,18,19,20). The van der Waals surface area contributed by atoms with Crippen LogP contribution in [0.5, 0.6) is 0 Å². The normalized spacial score (nSPS) is 30.6. The van der Waals surface area contributed by atoms with E-state index in [-0.39, 0.29) is 0 Å². The van der Waals surface area contributed by atoms with Crippen LogP contribution in [0.2, 0.25) is 0 Å². The van der Waals surface area contributed by atoms with Gasteiger partial charge >= 0.3 is 10.4 Å². The Hall–Kier alpha value is -1.15. The van der Waals surface area contributed by atoms with Crippen LogP contribution in [-0.2, 0) is 14.6 Å². The monoisotopic (exact) mass is 324 g/mol. The number of fused-ring (bicyclic) bond motifs is 2. The number of benzene rings is 1. The van der Waals surface area contributed by atoms with Crippen molar-refractivity contribution in [1.29, 1.82) is 0 Å². The molecule has 3 unspecified atom stereocenters. The minimum absolute atomic E-state index is 0.565. The number of nitrogens with zero attached hydrogens (tertiary/aromatic N) is 1. The third-order valence-electron chi connectivity index (χ3n) is 5.14. The molecule has 1 aromatic rings. The van der Waals surface area contributed by atoms with Gasteiger partial charge in [-0.2, -0.15) is 8.42 Å². The molecule has 1 aromatic carbocycles. The van der Waals surface area contributed by atoms with Crippen LogP contribution in [-0.4, -0.2) is 32.6 Å². The van der Waals surface area contributed by atoms with E-state index in [9.17, 15) is 8.42 Å². The Balaban J connectivity index is 1.81. The second kappa shape index (κ2) is 5.19. The van der Waals surface area contributed by atoms with E-state index in [1.165, 1.54) is 24.8 Å². The molecule has 1 aliphatic carbocycles. The minimum Gasteiger partial charge on any atom is -0.369 e. The highest BCUT2D eigenvalue weighted by Crippen LogP contribution is 2.50. The van der Waals surface area contributed by atoms with Crippen LogP contribution in [0.25, 0.3) is 0 Å². The van der Waals surface area contributed by atoms with Gasteiger partial charge in [-0.15, -0.1) is 0 Å². The van der Waals surface area contributed by atoms with Crippen LogP contribution < -0.4 is 10.2 Å². The van der Waals surface area contributed by atoms with Gasteiger partial charge in [-0.25, -0.2) is 4.18 Å². The zero-order valence-corrected chi connectivity index (χ0v) is 13.1. The van der Waals surface area contributed by atoms with Gasteiger partial charge in [0, 0.05) is 30.9 Å². The summed E-state index contributed by atoms with van der Waals surface area (Å²) >= 11 is 0. The molecular formula is C15H20N2O4S. The van der Waals surface area contributed by atoms with E-state index in [0.717, 1.165) is 24.3 Å². The van der Waals surface area contributed by atoms with Crippen molar-refractivity contribution >= 4 is 16.1 Å². The van der Waals surface area contributed by atoms with Crippen molar-refractivity contribution in [3.8, 4) is 0 Å². The Morgan fingerprint density at radius 3 is 2.91 bits per heavy atom. The van der Waals surface area contributed by atoms with Crippen molar-refractivity contribution in [2.75, 3.05) is 24.5 Å². The smallest absolute Gasteiger partial charge is 0.369 e. The molecule has 0 saturated heterocycles. The minimum atomic E-state index is -4.50. The van der Waals surface area contributed by atoms with Crippen molar-refractivity contribution in [2.45, 2.75) is 31.4 Å². The molecule has 3 atom stereocenters. The fraction of sp³-hybridized carbons (Fsp3) is 0.600. The van der Waals surface area contributed by atoms with Crippen LogP contribution in [0, 0.1) is 5.92 Å². The highest BCUT2D eigenvalue weighted by atomic mass is 32.3. The van der Waals surface area contributed by atoms with Crippen LogP contribution in [0.3, 0.4) is 0 Å². The van der Waals surface area contributed by atoms with Crippen molar-refractivity contribution in [1.82, 2.24) is 5.32 Å². The molecule has 2 aliphatic heterocycles. The number of anilines is 1. The number of rotatable bonds is 2. The van der Waals surface area contributed by atoms with Crippen LogP contribution in [0.15, 0.2) is 18.2 Å². The third kappa shape index (κ3) is 2.42. The lowest BCUT2D eigenvalue weighted by atomic mass is 9.82. The van der Waals surface area contributed by atoms with E-state index in [1.807, 2.05) is 12.1 Å². The first-order chi connectivity index (χ1) is 10.5. The maximum atomic E-state index is 11.1. The van der Waals surface area contributed by atoms with E-state index in [4.69, 9.17) is 8.74 Å². The van der Waals surface area contributed by atoms with E-state index in [1.54, 1.807) is 0 Å². The molecule has 1 fully saturated rings. The van der Waals surface area contributed by atoms with Crippen molar-refractivity contribution in [3.63, 3.8) is 0 Å². The number of para-hydroxylation sites is 1. The number of hydrogen-bond acceptors (Lipinski definition) is 5. The van der Waals surface area contributed by atoms with Crippen molar-refractivity contribution < 1.29 is 17.2 Å². The van der Waals surface area contributed by atoms with E-state index < -0.39 is 16.6 Å². The van der Waals surface area contributed by atoms with Gasteiger partial charge in [-0.1, -0.05) is 24.6 Å². The molecule has 0 amide bonds. The molecule has 0 aromatic heterocycles. The first kappa shape index (κ1) is 14.4. The van der Waals surface area contributed by atoms with E-state index in [2.05, 4.69) is 16.3 Å². The summed E-state index contributed by atoms with van der Waals surface area (Å²) < 4.78 is 36.2. The van der Waals surface area contributed by atoms with Crippen molar-refractivity contribution in [3.05, 3.63) is 29.3 Å². The van der Waals surface area contributed by atoms with E-state index >= 15 is 0 Å².